The van der Waals surface area contributed by atoms with Gasteiger partial charge in [0, 0.05) is 36.8 Å². The van der Waals surface area contributed by atoms with E-state index < -0.39 is 36.0 Å². The van der Waals surface area contributed by atoms with Gasteiger partial charge in [-0.05, 0) is 47.4 Å². The molecule has 0 saturated carbocycles. The van der Waals surface area contributed by atoms with Gasteiger partial charge in [0.1, 0.15) is 0 Å². The molecule has 11 nitrogen and oxygen atoms in total. The minimum absolute atomic E-state index is 0.00429. The summed E-state index contributed by atoms with van der Waals surface area (Å²) in [6.45, 7) is 2.53. The smallest absolute Gasteiger partial charge is 0.479 e. The number of hydrogen-bond donors (Lipinski definition) is 5. The van der Waals surface area contributed by atoms with Crippen molar-refractivity contribution >= 4 is 35.3 Å². The molecule has 1 atom stereocenters. The molecule has 1 aliphatic heterocycles. The van der Waals surface area contributed by atoms with Crippen molar-refractivity contribution in [3.63, 3.8) is 0 Å². The number of nitrogens with two attached hydrogens (primary N) is 2. The molecule has 0 saturated heterocycles. The number of anilines is 1. The van der Waals surface area contributed by atoms with E-state index in [1.807, 2.05) is 12.1 Å². The van der Waals surface area contributed by atoms with E-state index in [2.05, 4.69) is 5.32 Å². The number of nitrogens with zero attached hydrogens (tertiary/aromatic N) is 1. The van der Waals surface area contributed by atoms with Crippen LogP contribution in [0, 0.1) is 0 Å². The number of alkyl halides is 3. The van der Waals surface area contributed by atoms with E-state index in [1.165, 1.54) is 6.92 Å². The summed E-state index contributed by atoms with van der Waals surface area (Å²) in [5.74, 6) is -4.78. The summed E-state index contributed by atoms with van der Waals surface area (Å²) in [6.07, 6.45) is -4.24. The van der Waals surface area contributed by atoms with E-state index in [0.717, 1.165) is 23.2 Å². The number of aliphatic carboxylic acids is 2. The van der Waals surface area contributed by atoms with E-state index in [0.29, 0.717) is 29.8 Å². The summed E-state index contributed by atoms with van der Waals surface area (Å²) >= 11 is 0. The van der Waals surface area contributed by atoms with Crippen LogP contribution in [0.2, 0.25) is 0 Å². The van der Waals surface area contributed by atoms with Crippen LogP contribution >= 0.6 is 0 Å². The van der Waals surface area contributed by atoms with E-state index >= 15 is 0 Å². The molecule has 0 aliphatic carbocycles. The van der Waals surface area contributed by atoms with Crippen LogP contribution < -0.4 is 21.7 Å². The molecule has 3 aromatic carbocycles. The molecule has 0 radical (unpaired) electrons. The summed E-state index contributed by atoms with van der Waals surface area (Å²) in [4.78, 5) is 56.4. The van der Waals surface area contributed by atoms with E-state index in [-0.39, 0.29) is 5.91 Å². The van der Waals surface area contributed by atoms with Gasteiger partial charge in [0.25, 0.3) is 5.91 Å². The number of fused-ring (bicyclic) bond motifs is 1. The molecule has 228 valence electrons. The van der Waals surface area contributed by atoms with E-state index in [1.54, 1.807) is 65.6 Å². The first-order valence-electron chi connectivity index (χ1n) is 12.5. The highest BCUT2D eigenvalue weighted by atomic mass is 19.4. The Labute approximate surface area is 243 Å². The average Bonchev–Trinajstić information content (AvgIpc) is 3.40. The van der Waals surface area contributed by atoms with E-state index in [4.69, 9.17) is 21.4 Å². The molecule has 14 heteroatoms. The highest BCUT2D eigenvalue weighted by Crippen LogP contribution is 2.29. The highest BCUT2D eigenvalue weighted by Gasteiger charge is 2.38. The third-order valence-corrected chi connectivity index (χ3v) is 5.97. The molecule has 0 unspecified atom stereocenters. The van der Waals surface area contributed by atoms with Gasteiger partial charge in [-0.1, -0.05) is 48.5 Å². The first-order chi connectivity index (χ1) is 20.1. The van der Waals surface area contributed by atoms with Crippen LogP contribution in [-0.4, -0.2) is 52.6 Å². The molecule has 4 rings (SSSR count). The molecule has 3 aromatic rings. The molecule has 1 heterocycles. The number of halogens is 3. The topological polar surface area (TPSA) is 193 Å². The van der Waals surface area contributed by atoms with Crippen LogP contribution in [0.3, 0.4) is 0 Å². The number of nitrogens with one attached hydrogen (secondary N) is 1. The third-order valence-electron chi connectivity index (χ3n) is 5.97. The highest BCUT2D eigenvalue weighted by molar-refractivity contribution is 5.98. The normalized spacial score (nSPS) is 12.3. The van der Waals surface area contributed by atoms with Gasteiger partial charge in [0.15, 0.2) is 6.04 Å². The van der Waals surface area contributed by atoms with Crippen molar-refractivity contribution in [2.45, 2.75) is 32.1 Å². The number of rotatable bonds is 6. The minimum Gasteiger partial charge on any atom is -0.479 e. The van der Waals surface area contributed by atoms with Crippen LogP contribution in [0.15, 0.2) is 72.8 Å². The van der Waals surface area contributed by atoms with Gasteiger partial charge >= 0.3 is 18.1 Å². The number of benzene rings is 3. The first kappa shape index (κ1) is 34.0. The van der Waals surface area contributed by atoms with Crippen molar-refractivity contribution in [3.8, 4) is 0 Å². The number of hydrogen-bond acceptors (Lipinski definition) is 6. The fourth-order valence-electron chi connectivity index (χ4n) is 3.85. The van der Waals surface area contributed by atoms with Crippen LogP contribution in [0.25, 0.3) is 0 Å². The lowest BCUT2D eigenvalue weighted by Crippen LogP contribution is -2.33. The number of primary amides is 1. The molecule has 0 aromatic heterocycles. The molecular weight excluding hydrogens is 573 g/mol. The van der Waals surface area contributed by atoms with Crippen molar-refractivity contribution in [3.05, 3.63) is 101 Å². The Hall–Kier alpha value is -5.24. The van der Waals surface area contributed by atoms with Crippen molar-refractivity contribution in [1.29, 1.82) is 0 Å². The lowest BCUT2D eigenvalue weighted by atomic mass is 10.1. The summed E-state index contributed by atoms with van der Waals surface area (Å²) in [5.41, 5.74) is 14.8. The predicted octanol–water partition coefficient (Wildman–Crippen LogP) is 3.03. The molecule has 1 aliphatic rings. The Morgan fingerprint density at radius 1 is 0.930 bits per heavy atom. The van der Waals surface area contributed by atoms with E-state index in [9.17, 15) is 37.5 Å². The lowest BCUT2D eigenvalue weighted by Gasteiger charge is -2.15. The van der Waals surface area contributed by atoms with Crippen molar-refractivity contribution in [2.75, 3.05) is 11.4 Å². The monoisotopic (exact) mass is 602 g/mol. The second kappa shape index (κ2) is 15.1. The largest absolute Gasteiger partial charge is 0.490 e. The van der Waals surface area contributed by atoms with Crippen LogP contribution in [0.4, 0.5) is 18.9 Å². The van der Waals surface area contributed by atoms with Gasteiger partial charge in [-0.15, -0.1) is 0 Å². The van der Waals surface area contributed by atoms with Crippen LogP contribution in [0.1, 0.15) is 50.4 Å². The second-order valence-electron chi connectivity index (χ2n) is 8.99. The molecular formula is C29H29F3N4O7. The van der Waals surface area contributed by atoms with Gasteiger partial charge in [-0.25, -0.2) is 9.59 Å². The zero-order chi connectivity index (χ0) is 32.3. The fraction of sp³-hybridized carbons (Fsp3) is 0.207. The quantitative estimate of drug-likeness (QED) is 0.284. The maximum atomic E-state index is 12.2. The Morgan fingerprint density at radius 2 is 1.56 bits per heavy atom. The maximum absolute atomic E-state index is 12.2. The molecule has 7 N–H and O–H groups in total. The number of amides is 3. The molecule has 43 heavy (non-hydrogen) atoms. The molecule has 3 amide bonds. The maximum Gasteiger partial charge on any atom is 0.490 e. The summed E-state index contributed by atoms with van der Waals surface area (Å²) in [6, 6.07) is 19.5. The standard InChI is InChI=1S/C16H16N2O3.C11H12N2O2.C2HF3O2/c17-10-11-5-4-8-13(9-11)15(19)18-14(16(20)21)12-6-2-1-3-7-12;1-7(14)13-5-4-8-2-3-9(11(12)15)6-10(8)13;3-2(4,5)1(6)7/h1-9,14H,10,17H2,(H,18,19)(H,20,21);2-3,6H,4-5H2,1H3,(H2,12,15);(H,6,7)/t14-;;/m1../s1. The predicted molar refractivity (Wildman–Crippen MR) is 149 cm³/mol. The summed E-state index contributed by atoms with van der Waals surface area (Å²) in [7, 11) is 0. The molecule has 0 bridgehead atoms. The Bertz CT molecular complexity index is 1480. The number of carboxylic acid groups (broad SMARTS) is 2. The van der Waals surface area contributed by atoms with Crippen molar-refractivity contribution < 1.29 is 47.4 Å². The van der Waals surface area contributed by atoms with Gasteiger partial charge in [0.2, 0.25) is 11.8 Å². The van der Waals surface area contributed by atoms with Crippen LogP contribution in [0.5, 0.6) is 0 Å². The summed E-state index contributed by atoms with van der Waals surface area (Å²) < 4.78 is 31.7. The zero-order valence-electron chi connectivity index (χ0n) is 22.8. The van der Waals surface area contributed by atoms with Gasteiger partial charge in [0.05, 0.1) is 0 Å². The number of carbonyl (C=O) groups excluding carboxylic acids is 3. The first-order valence-corrected chi connectivity index (χ1v) is 12.5. The summed E-state index contributed by atoms with van der Waals surface area (Å²) in [5, 5.41) is 18.9. The minimum atomic E-state index is -5.08. The van der Waals surface area contributed by atoms with Gasteiger partial charge in [-0.2, -0.15) is 13.2 Å². The SMILES string of the molecule is CC(=O)N1CCc2ccc(C(N)=O)cc21.NCc1cccc(C(=O)N[C@@H](C(=O)O)c2ccccc2)c1.O=C(O)C(F)(F)F. The Morgan fingerprint density at radius 3 is 2.07 bits per heavy atom. The van der Waals surface area contributed by atoms with Crippen LogP contribution in [-0.2, 0) is 27.3 Å². The van der Waals surface area contributed by atoms with Gasteiger partial charge < -0.3 is 31.9 Å². The lowest BCUT2D eigenvalue weighted by molar-refractivity contribution is -0.192. The Kier molecular flexibility index (Phi) is 11.9. The zero-order valence-corrected chi connectivity index (χ0v) is 22.8. The van der Waals surface area contributed by atoms with Crippen molar-refractivity contribution in [1.82, 2.24) is 5.32 Å². The third kappa shape index (κ3) is 9.97. The Balaban J connectivity index is 0.000000255. The number of carboxylic acids is 2. The fourth-order valence-corrected chi connectivity index (χ4v) is 3.85. The molecule has 0 spiro atoms. The van der Waals surface area contributed by atoms with Crippen molar-refractivity contribution in [2.24, 2.45) is 11.5 Å². The molecule has 0 fully saturated rings. The average molecular weight is 603 g/mol. The van der Waals surface area contributed by atoms with Gasteiger partial charge in [-0.3, -0.25) is 14.4 Å². The second-order valence-corrected chi connectivity index (χ2v) is 8.99. The number of carbonyl (C=O) groups is 5.